The van der Waals surface area contributed by atoms with E-state index in [9.17, 15) is 14.7 Å². The Hall–Kier alpha value is -1.64. The van der Waals surface area contributed by atoms with E-state index in [1.54, 1.807) is 6.07 Å². The van der Waals surface area contributed by atoms with Gasteiger partial charge in [0.1, 0.15) is 5.41 Å². The third kappa shape index (κ3) is 0.979. The zero-order valence-electron chi connectivity index (χ0n) is 8.82. The van der Waals surface area contributed by atoms with E-state index in [4.69, 9.17) is 0 Å². The molecule has 3 nitrogen and oxygen atoms in total. The zero-order chi connectivity index (χ0) is 11.3. The topological polar surface area (TPSA) is 54.4 Å². The van der Waals surface area contributed by atoms with Gasteiger partial charge in [0.15, 0.2) is 5.78 Å². The normalized spacial score (nSPS) is 26.6. The average Bonchev–Trinajstić information content (AvgIpc) is 2.56. The Morgan fingerprint density at radius 1 is 1.38 bits per heavy atom. The Bertz CT molecular complexity index is 504. The summed E-state index contributed by atoms with van der Waals surface area (Å²) in [5, 5.41) is 9.43. The Labute approximate surface area is 93.1 Å². The van der Waals surface area contributed by atoms with Crippen molar-refractivity contribution in [2.75, 3.05) is 0 Å². The minimum absolute atomic E-state index is 0.0128. The van der Waals surface area contributed by atoms with Crippen molar-refractivity contribution in [3.63, 3.8) is 0 Å². The van der Waals surface area contributed by atoms with Crippen LogP contribution in [0, 0.1) is 0 Å². The van der Waals surface area contributed by atoms with Gasteiger partial charge >= 0.3 is 5.97 Å². The summed E-state index contributed by atoms with van der Waals surface area (Å²) in [6.07, 6.45) is 2.49. The molecule has 3 rings (SSSR count). The second-order valence-corrected chi connectivity index (χ2v) is 4.68. The van der Waals surface area contributed by atoms with Gasteiger partial charge in [0.2, 0.25) is 0 Å². The van der Waals surface area contributed by atoms with E-state index in [2.05, 4.69) is 0 Å². The summed E-state index contributed by atoms with van der Waals surface area (Å²) in [4.78, 5) is 23.4. The minimum Gasteiger partial charge on any atom is -0.481 e. The van der Waals surface area contributed by atoms with Crippen LogP contribution in [0.1, 0.15) is 40.7 Å². The maximum Gasteiger partial charge on any atom is 0.314 e. The van der Waals surface area contributed by atoms with Gasteiger partial charge in [-0.3, -0.25) is 9.59 Å². The summed E-state index contributed by atoms with van der Waals surface area (Å²) in [5.74, 6) is -0.854. The summed E-state index contributed by atoms with van der Waals surface area (Å²) >= 11 is 0. The Morgan fingerprint density at radius 2 is 2.19 bits per heavy atom. The molecule has 1 aromatic rings. The van der Waals surface area contributed by atoms with Gasteiger partial charge < -0.3 is 5.11 Å². The van der Waals surface area contributed by atoms with Gasteiger partial charge in [-0.25, -0.2) is 0 Å². The van der Waals surface area contributed by atoms with Crippen LogP contribution in [0.2, 0.25) is 0 Å². The van der Waals surface area contributed by atoms with Crippen LogP contribution in [0.5, 0.6) is 0 Å². The quantitative estimate of drug-likeness (QED) is 0.780. The lowest BCUT2D eigenvalue weighted by Crippen LogP contribution is -2.37. The van der Waals surface area contributed by atoms with Crippen LogP contribution in [0.3, 0.4) is 0 Å². The van der Waals surface area contributed by atoms with E-state index in [0.717, 1.165) is 24.0 Å². The number of aliphatic carboxylic acids is 1. The first-order valence-electron chi connectivity index (χ1n) is 5.54. The number of carbonyl (C=O) groups excluding carboxylic acids is 1. The summed E-state index contributed by atoms with van der Waals surface area (Å²) in [6, 6.07) is 5.57. The molecule has 1 N–H and O–H groups in total. The van der Waals surface area contributed by atoms with Gasteiger partial charge in [0.05, 0.1) is 0 Å². The van der Waals surface area contributed by atoms with Crippen molar-refractivity contribution in [2.24, 2.45) is 0 Å². The van der Waals surface area contributed by atoms with Crippen LogP contribution < -0.4 is 0 Å². The second-order valence-electron chi connectivity index (χ2n) is 4.68. The Balaban J connectivity index is 2.33. The number of aryl methyl sites for hydroxylation is 1. The summed E-state index contributed by atoms with van der Waals surface area (Å²) in [7, 11) is 0. The van der Waals surface area contributed by atoms with Crippen molar-refractivity contribution in [1.82, 2.24) is 0 Å². The standard InChI is InChI=1S/C13H12O3/c14-10-7-13(12(15)16)6-2-4-8-3-1-5-9(10)11(8)13/h1,3,5H,2,4,6-7H2,(H,15,16). The van der Waals surface area contributed by atoms with Crippen LogP contribution >= 0.6 is 0 Å². The van der Waals surface area contributed by atoms with E-state index >= 15 is 0 Å². The number of carbonyl (C=O) groups is 2. The highest BCUT2D eigenvalue weighted by Gasteiger charge is 2.51. The molecule has 0 fully saturated rings. The predicted molar refractivity (Wildman–Crippen MR) is 57.6 cm³/mol. The average molecular weight is 216 g/mol. The van der Waals surface area contributed by atoms with Gasteiger partial charge in [-0.05, 0) is 30.4 Å². The highest BCUT2D eigenvalue weighted by Crippen LogP contribution is 2.47. The molecule has 0 heterocycles. The van der Waals surface area contributed by atoms with E-state index in [-0.39, 0.29) is 12.2 Å². The Kier molecular flexibility index (Phi) is 1.76. The fraction of sp³-hybridized carbons (Fsp3) is 0.385. The van der Waals surface area contributed by atoms with Gasteiger partial charge in [0, 0.05) is 12.0 Å². The minimum atomic E-state index is -0.915. The number of ketones is 1. The van der Waals surface area contributed by atoms with Crippen molar-refractivity contribution < 1.29 is 14.7 Å². The van der Waals surface area contributed by atoms with Gasteiger partial charge in [-0.2, -0.15) is 0 Å². The molecule has 2 aliphatic carbocycles. The molecule has 0 spiro atoms. The SMILES string of the molecule is O=C1CC2(C(=O)O)CCCc3cccc1c32. The molecule has 1 aromatic carbocycles. The molecule has 0 radical (unpaired) electrons. The highest BCUT2D eigenvalue weighted by atomic mass is 16.4. The molecule has 0 amide bonds. The van der Waals surface area contributed by atoms with Crippen LogP contribution in [-0.4, -0.2) is 16.9 Å². The molecule has 2 aliphatic rings. The molecule has 0 saturated heterocycles. The van der Waals surface area contributed by atoms with Gasteiger partial charge in [-0.15, -0.1) is 0 Å². The maximum atomic E-state index is 11.9. The number of rotatable bonds is 1. The lowest BCUT2D eigenvalue weighted by Gasteiger charge is -2.30. The van der Waals surface area contributed by atoms with Gasteiger partial charge in [-0.1, -0.05) is 18.2 Å². The van der Waals surface area contributed by atoms with Crippen LogP contribution in [0.4, 0.5) is 0 Å². The van der Waals surface area contributed by atoms with Crippen molar-refractivity contribution in [3.8, 4) is 0 Å². The number of benzene rings is 1. The first-order valence-corrected chi connectivity index (χ1v) is 5.54. The molecule has 0 bridgehead atoms. The first-order chi connectivity index (χ1) is 7.65. The summed E-state index contributed by atoms with van der Waals surface area (Å²) in [6.45, 7) is 0. The van der Waals surface area contributed by atoms with E-state index in [1.807, 2.05) is 12.1 Å². The molecule has 0 aliphatic heterocycles. The summed E-state index contributed by atoms with van der Waals surface area (Å²) in [5.41, 5.74) is 1.58. The van der Waals surface area contributed by atoms with Crippen LogP contribution in [0.15, 0.2) is 18.2 Å². The van der Waals surface area contributed by atoms with Crippen LogP contribution in [0.25, 0.3) is 0 Å². The van der Waals surface area contributed by atoms with Crippen molar-refractivity contribution in [3.05, 3.63) is 34.9 Å². The lowest BCUT2D eigenvalue weighted by molar-refractivity contribution is -0.144. The molecular formula is C13H12O3. The van der Waals surface area contributed by atoms with E-state index in [0.29, 0.717) is 12.0 Å². The lowest BCUT2D eigenvalue weighted by atomic mass is 9.71. The molecular weight excluding hydrogens is 204 g/mol. The zero-order valence-corrected chi connectivity index (χ0v) is 8.82. The number of hydrogen-bond acceptors (Lipinski definition) is 2. The number of Topliss-reactive ketones (excluding diaryl/α,β-unsaturated/α-hetero) is 1. The Morgan fingerprint density at radius 3 is 2.94 bits per heavy atom. The summed E-state index contributed by atoms with van der Waals surface area (Å²) < 4.78 is 0. The third-order valence-electron chi connectivity index (χ3n) is 3.85. The molecule has 16 heavy (non-hydrogen) atoms. The fourth-order valence-electron chi connectivity index (χ4n) is 3.15. The smallest absolute Gasteiger partial charge is 0.314 e. The maximum absolute atomic E-state index is 11.9. The molecule has 1 unspecified atom stereocenters. The third-order valence-corrected chi connectivity index (χ3v) is 3.85. The molecule has 0 aromatic heterocycles. The second kappa shape index (κ2) is 2.94. The predicted octanol–water partition coefficient (Wildman–Crippen LogP) is 1.93. The van der Waals surface area contributed by atoms with Crippen molar-refractivity contribution >= 4 is 11.8 Å². The van der Waals surface area contributed by atoms with Crippen LogP contribution in [-0.2, 0) is 16.6 Å². The monoisotopic (exact) mass is 216 g/mol. The number of hydrogen-bond donors (Lipinski definition) is 1. The van der Waals surface area contributed by atoms with Crippen molar-refractivity contribution in [2.45, 2.75) is 31.1 Å². The van der Waals surface area contributed by atoms with Gasteiger partial charge in [0.25, 0.3) is 0 Å². The number of carboxylic acid groups (broad SMARTS) is 1. The first kappa shape index (κ1) is 9.58. The fourth-order valence-corrected chi connectivity index (χ4v) is 3.15. The molecule has 82 valence electrons. The highest BCUT2D eigenvalue weighted by molar-refractivity contribution is 6.08. The molecule has 3 heteroatoms. The molecule has 0 saturated carbocycles. The van der Waals surface area contributed by atoms with E-state index < -0.39 is 11.4 Å². The largest absolute Gasteiger partial charge is 0.481 e. The van der Waals surface area contributed by atoms with E-state index in [1.165, 1.54) is 0 Å². The van der Waals surface area contributed by atoms with Crippen molar-refractivity contribution in [1.29, 1.82) is 0 Å². The molecule has 1 atom stereocenters. The number of carboxylic acids is 1.